The Morgan fingerprint density at radius 1 is 1.20 bits per heavy atom. The van der Waals surface area contributed by atoms with E-state index in [1.807, 2.05) is 0 Å². The van der Waals surface area contributed by atoms with Gasteiger partial charge in [0.2, 0.25) is 0 Å². The molecule has 0 atom stereocenters. The number of hydrogen-bond donors (Lipinski definition) is 1. The van der Waals surface area contributed by atoms with E-state index in [1.54, 1.807) is 17.3 Å². The number of rotatable bonds is 3. The molecule has 0 unspecified atom stereocenters. The lowest BCUT2D eigenvalue weighted by atomic mass is 10.2. The van der Waals surface area contributed by atoms with E-state index in [2.05, 4.69) is 15.3 Å². The molecule has 0 aromatic carbocycles. The SMILES string of the molecule is O=C(c1cnc(NC2CCCC2)cn1)N1CCOCC1. The lowest BCUT2D eigenvalue weighted by Gasteiger charge is -2.26. The molecule has 1 saturated carbocycles. The molecule has 1 amide bonds. The van der Waals surface area contributed by atoms with Gasteiger partial charge in [0.05, 0.1) is 25.6 Å². The number of aromatic nitrogens is 2. The minimum atomic E-state index is -0.0618. The molecule has 2 fully saturated rings. The van der Waals surface area contributed by atoms with Gasteiger partial charge in [0.15, 0.2) is 0 Å². The summed E-state index contributed by atoms with van der Waals surface area (Å²) in [4.78, 5) is 22.5. The second kappa shape index (κ2) is 6.17. The Bertz CT molecular complexity index is 451. The van der Waals surface area contributed by atoms with Gasteiger partial charge in [-0.15, -0.1) is 0 Å². The first kappa shape index (κ1) is 13.3. The van der Waals surface area contributed by atoms with Gasteiger partial charge in [-0.1, -0.05) is 12.8 Å². The molecule has 108 valence electrons. The molecular weight excluding hydrogens is 256 g/mol. The molecule has 20 heavy (non-hydrogen) atoms. The van der Waals surface area contributed by atoms with Crippen molar-refractivity contribution in [3.8, 4) is 0 Å². The Hall–Kier alpha value is -1.69. The molecule has 0 bridgehead atoms. The van der Waals surface area contributed by atoms with Gasteiger partial charge < -0.3 is 15.0 Å². The van der Waals surface area contributed by atoms with Gasteiger partial charge >= 0.3 is 0 Å². The summed E-state index contributed by atoms with van der Waals surface area (Å²) in [5.41, 5.74) is 0.406. The first-order valence-electron chi connectivity index (χ1n) is 7.28. The number of ether oxygens (including phenoxy) is 1. The summed E-state index contributed by atoms with van der Waals surface area (Å²) in [6.07, 6.45) is 8.16. The standard InChI is InChI=1S/C14H20N4O2/c19-14(18-5-7-20-8-6-18)12-9-16-13(10-15-12)17-11-3-1-2-4-11/h9-11H,1-8H2,(H,16,17). The number of amides is 1. The molecular formula is C14H20N4O2. The Kier molecular flexibility index (Phi) is 4.11. The van der Waals surface area contributed by atoms with Crippen LogP contribution >= 0.6 is 0 Å². The second-order valence-electron chi connectivity index (χ2n) is 5.32. The van der Waals surface area contributed by atoms with E-state index in [0.29, 0.717) is 38.0 Å². The molecule has 6 nitrogen and oxygen atoms in total. The first-order valence-corrected chi connectivity index (χ1v) is 7.28. The number of morpholine rings is 1. The number of anilines is 1. The highest BCUT2D eigenvalue weighted by Gasteiger charge is 2.20. The van der Waals surface area contributed by atoms with Crippen LogP contribution in [-0.4, -0.2) is 53.1 Å². The predicted octanol–water partition coefficient (Wildman–Crippen LogP) is 1.30. The normalized spacial score (nSPS) is 20.1. The summed E-state index contributed by atoms with van der Waals surface area (Å²) < 4.78 is 5.24. The van der Waals surface area contributed by atoms with Gasteiger partial charge in [0.1, 0.15) is 11.5 Å². The topological polar surface area (TPSA) is 67.4 Å². The van der Waals surface area contributed by atoms with Crippen LogP contribution in [0.15, 0.2) is 12.4 Å². The molecule has 6 heteroatoms. The van der Waals surface area contributed by atoms with Crippen LogP contribution in [0, 0.1) is 0 Å². The fourth-order valence-corrected chi connectivity index (χ4v) is 2.72. The Balaban J connectivity index is 1.61. The monoisotopic (exact) mass is 276 g/mol. The molecule has 2 aliphatic rings. The van der Waals surface area contributed by atoms with Crippen LogP contribution in [0.25, 0.3) is 0 Å². The fourth-order valence-electron chi connectivity index (χ4n) is 2.72. The zero-order chi connectivity index (χ0) is 13.8. The third kappa shape index (κ3) is 3.07. The molecule has 1 aromatic heterocycles. The Morgan fingerprint density at radius 2 is 1.95 bits per heavy atom. The molecule has 2 heterocycles. The summed E-state index contributed by atoms with van der Waals surface area (Å²) in [7, 11) is 0. The molecule has 0 radical (unpaired) electrons. The first-order chi connectivity index (χ1) is 9.83. The second-order valence-corrected chi connectivity index (χ2v) is 5.32. The van der Waals surface area contributed by atoms with Crippen molar-refractivity contribution in [1.82, 2.24) is 14.9 Å². The van der Waals surface area contributed by atoms with Crippen LogP contribution < -0.4 is 5.32 Å². The molecule has 1 aromatic rings. The highest BCUT2D eigenvalue weighted by Crippen LogP contribution is 2.21. The van der Waals surface area contributed by atoms with E-state index in [9.17, 15) is 4.79 Å². The summed E-state index contributed by atoms with van der Waals surface area (Å²) in [6, 6.07) is 0.505. The highest BCUT2D eigenvalue weighted by atomic mass is 16.5. The average Bonchev–Trinajstić information content (AvgIpc) is 3.01. The van der Waals surface area contributed by atoms with Gasteiger partial charge in [0.25, 0.3) is 5.91 Å². The van der Waals surface area contributed by atoms with Gasteiger partial charge in [-0.25, -0.2) is 9.97 Å². The summed E-state index contributed by atoms with van der Waals surface area (Å²) in [5.74, 6) is 0.698. The minimum Gasteiger partial charge on any atom is -0.378 e. The van der Waals surface area contributed by atoms with Gasteiger partial charge in [-0.05, 0) is 12.8 Å². The maximum absolute atomic E-state index is 12.2. The van der Waals surface area contributed by atoms with Crippen molar-refractivity contribution >= 4 is 11.7 Å². The van der Waals surface area contributed by atoms with E-state index in [4.69, 9.17) is 4.74 Å². The number of carbonyl (C=O) groups excluding carboxylic acids is 1. The van der Waals surface area contributed by atoms with Crippen LogP contribution in [0.5, 0.6) is 0 Å². The van der Waals surface area contributed by atoms with E-state index < -0.39 is 0 Å². The number of nitrogens with zero attached hydrogens (tertiary/aromatic N) is 3. The van der Waals surface area contributed by atoms with E-state index in [1.165, 1.54) is 25.7 Å². The zero-order valence-electron chi connectivity index (χ0n) is 11.5. The molecule has 1 aliphatic heterocycles. The quantitative estimate of drug-likeness (QED) is 0.901. The van der Waals surface area contributed by atoms with Crippen molar-refractivity contribution < 1.29 is 9.53 Å². The smallest absolute Gasteiger partial charge is 0.274 e. The zero-order valence-corrected chi connectivity index (χ0v) is 11.5. The lowest BCUT2D eigenvalue weighted by molar-refractivity contribution is 0.0298. The molecule has 3 rings (SSSR count). The summed E-state index contributed by atoms with van der Waals surface area (Å²) in [5, 5.41) is 3.37. The maximum atomic E-state index is 12.2. The van der Waals surface area contributed by atoms with Crippen molar-refractivity contribution in [2.24, 2.45) is 0 Å². The largest absolute Gasteiger partial charge is 0.378 e. The van der Waals surface area contributed by atoms with Crippen LogP contribution in [0.2, 0.25) is 0 Å². The Labute approximate surface area is 118 Å². The minimum absolute atomic E-state index is 0.0618. The van der Waals surface area contributed by atoms with E-state index in [0.717, 1.165) is 5.82 Å². The van der Waals surface area contributed by atoms with Crippen LogP contribution in [0.3, 0.4) is 0 Å². The third-order valence-electron chi connectivity index (χ3n) is 3.88. The van der Waals surface area contributed by atoms with Gasteiger partial charge in [-0.2, -0.15) is 0 Å². The van der Waals surface area contributed by atoms with Crippen LogP contribution in [0.1, 0.15) is 36.2 Å². The summed E-state index contributed by atoms with van der Waals surface area (Å²) in [6.45, 7) is 2.45. The lowest BCUT2D eigenvalue weighted by Crippen LogP contribution is -2.41. The van der Waals surface area contributed by atoms with E-state index in [-0.39, 0.29) is 5.91 Å². The van der Waals surface area contributed by atoms with Crippen molar-refractivity contribution in [1.29, 1.82) is 0 Å². The predicted molar refractivity (Wildman–Crippen MR) is 74.6 cm³/mol. The van der Waals surface area contributed by atoms with Crippen molar-refractivity contribution in [3.63, 3.8) is 0 Å². The number of carbonyl (C=O) groups is 1. The van der Waals surface area contributed by atoms with Crippen LogP contribution in [0.4, 0.5) is 5.82 Å². The van der Waals surface area contributed by atoms with Gasteiger partial charge in [0, 0.05) is 19.1 Å². The van der Waals surface area contributed by atoms with Crippen LogP contribution in [-0.2, 0) is 4.74 Å². The van der Waals surface area contributed by atoms with Crippen molar-refractivity contribution in [2.75, 3.05) is 31.6 Å². The molecule has 0 spiro atoms. The fraction of sp³-hybridized carbons (Fsp3) is 0.643. The van der Waals surface area contributed by atoms with E-state index >= 15 is 0 Å². The van der Waals surface area contributed by atoms with Gasteiger partial charge in [-0.3, -0.25) is 4.79 Å². The average molecular weight is 276 g/mol. The summed E-state index contributed by atoms with van der Waals surface area (Å²) >= 11 is 0. The molecule has 1 N–H and O–H groups in total. The van der Waals surface area contributed by atoms with Crippen molar-refractivity contribution in [3.05, 3.63) is 18.1 Å². The number of nitrogens with one attached hydrogen (secondary N) is 1. The number of hydrogen-bond acceptors (Lipinski definition) is 5. The highest BCUT2D eigenvalue weighted by molar-refractivity contribution is 5.92. The third-order valence-corrected chi connectivity index (χ3v) is 3.88. The maximum Gasteiger partial charge on any atom is 0.274 e. The van der Waals surface area contributed by atoms with Crippen molar-refractivity contribution in [2.45, 2.75) is 31.7 Å². The molecule has 1 saturated heterocycles. The Morgan fingerprint density at radius 3 is 2.60 bits per heavy atom. The molecule has 1 aliphatic carbocycles.